The van der Waals surface area contributed by atoms with Gasteiger partial charge in [0.25, 0.3) is 5.60 Å². The molecule has 1 aliphatic heterocycles. The zero-order valence-electron chi connectivity index (χ0n) is 17.1. The van der Waals surface area contributed by atoms with E-state index in [-0.39, 0.29) is 22.6 Å². The Kier molecular flexibility index (Phi) is 5.20. The molecule has 3 atom stereocenters. The molecule has 0 amide bonds. The molecule has 156 valence electrons. The Morgan fingerprint density at radius 3 is 2.72 bits per heavy atom. The van der Waals surface area contributed by atoms with Crippen molar-refractivity contribution in [1.29, 1.82) is 0 Å². The maximum Gasteiger partial charge on any atom is 0.351 e. The fourth-order valence-corrected chi connectivity index (χ4v) is 4.66. The Balaban J connectivity index is 2.05. The molecule has 3 heterocycles. The molecule has 3 rings (SSSR count). The molecule has 2 aromatic heterocycles. The molecular weight excluding hydrogens is 412 g/mol. The summed E-state index contributed by atoms with van der Waals surface area (Å²) in [5.74, 6) is 1.32. The smallest absolute Gasteiger partial charge is 0.351 e. The summed E-state index contributed by atoms with van der Waals surface area (Å²) in [6.07, 6.45) is 6.09. The molecule has 0 radical (unpaired) electrons. The Hall–Kier alpha value is -2.12. The standard InChI is InChI=1S/C19H25ClN4O4Si/c1-7-19(16(25)26)12(28-29(5,6)18(2,3)4)10-13(27-19)24-9-8-11-14(21)22-17(20)23-15(11)24/h1,8-9,12-13H,10H2,2-6H3,(H,25,26)(H2,21,22,23)/t12?,13-,19+/m1/s1. The highest BCUT2D eigenvalue weighted by Gasteiger charge is 2.57. The number of aliphatic carboxylic acids is 1. The topological polar surface area (TPSA) is 112 Å². The zero-order chi connectivity index (χ0) is 21.8. The summed E-state index contributed by atoms with van der Waals surface area (Å²) in [7, 11) is -2.32. The number of rotatable bonds is 4. The van der Waals surface area contributed by atoms with Crippen LogP contribution in [-0.2, 0) is 14.0 Å². The lowest BCUT2D eigenvalue weighted by Gasteiger charge is -2.40. The average Bonchev–Trinajstić information content (AvgIpc) is 3.15. The zero-order valence-corrected chi connectivity index (χ0v) is 18.8. The highest BCUT2D eigenvalue weighted by molar-refractivity contribution is 6.74. The highest BCUT2D eigenvalue weighted by atomic mass is 35.5. The molecule has 0 saturated carbocycles. The van der Waals surface area contributed by atoms with Crippen molar-refractivity contribution in [1.82, 2.24) is 14.5 Å². The second-order valence-corrected chi connectivity index (χ2v) is 13.8. The molecule has 0 aromatic carbocycles. The number of fused-ring (bicyclic) bond motifs is 1. The van der Waals surface area contributed by atoms with Crippen LogP contribution in [0.3, 0.4) is 0 Å². The van der Waals surface area contributed by atoms with E-state index in [9.17, 15) is 9.90 Å². The minimum absolute atomic E-state index is 0.0107. The van der Waals surface area contributed by atoms with E-state index in [4.69, 9.17) is 32.9 Å². The minimum atomic E-state index is -2.32. The summed E-state index contributed by atoms with van der Waals surface area (Å²) in [4.78, 5) is 20.3. The number of terminal acetylenes is 1. The SMILES string of the molecule is C#C[C@]1(C(=O)O)O[C@@H](n2ccc3c(N)nc(Cl)nc32)CC1O[Si](C)(C)C(C)(C)C. The number of hydrogen-bond acceptors (Lipinski definition) is 6. The summed E-state index contributed by atoms with van der Waals surface area (Å²) >= 11 is 5.96. The van der Waals surface area contributed by atoms with E-state index >= 15 is 0 Å². The predicted molar refractivity (Wildman–Crippen MR) is 113 cm³/mol. The number of halogens is 1. The van der Waals surface area contributed by atoms with Gasteiger partial charge in [0.1, 0.15) is 23.8 Å². The lowest BCUT2D eigenvalue weighted by atomic mass is 9.98. The van der Waals surface area contributed by atoms with Crippen molar-refractivity contribution in [2.24, 2.45) is 0 Å². The van der Waals surface area contributed by atoms with Gasteiger partial charge in [-0.05, 0) is 35.8 Å². The lowest BCUT2D eigenvalue weighted by Crippen LogP contribution is -2.53. The van der Waals surface area contributed by atoms with E-state index in [2.05, 4.69) is 36.7 Å². The summed E-state index contributed by atoms with van der Waals surface area (Å²) in [5, 5.41) is 10.4. The summed E-state index contributed by atoms with van der Waals surface area (Å²) in [6, 6.07) is 1.73. The van der Waals surface area contributed by atoms with E-state index in [1.807, 2.05) is 13.1 Å². The molecule has 10 heteroatoms. The van der Waals surface area contributed by atoms with Crippen molar-refractivity contribution in [3.05, 3.63) is 17.5 Å². The second-order valence-electron chi connectivity index (χ2n) is 8.70. The van der Waals surface area contributed by atoms with Crippen molar-refractivity contribution in [2.75, 3.05) is 5.73 Å². The van der Waals surface area contributed by atoms with Crippen LogP contribution < -0.4 is 5.73 Å². The van der Waals surface area contributed by atoms with E-state index in [0.717, 1.165) is 0 Å². The van der Waals surface area contributed by atoms with Crippen LogP contribution in [0.5, 0.6) is 0 Å². The quantitative estimate of drug-likeness (QED) is 0.428. The Morgan fingerprint density at radius 1 is 1.52 bits per heavy atom. The first-order chi connectivity index (χ1) is 13.3. The van der Waals surface area contributed by atoms with E-state index in [0.29, 0.717) is 11.0 Å². The molecule has 1 fully saturated rings. The Bertz CT molecular complexity index is 1010. The monoisotopic (exact) mass is 436 g/mol. The third kappa shape index (κ3) is 3.50. The van der Waals surface area contributed by atoms with Gasteiger partial charge in [0, 0.05) is 12.6 Å². The van der Waals surface area contributed by atoms with Crippen LogP contribution in [0, 0.1) is 12.3 Å². The number of nitrogens with two attached hydrogens (primary N) is 1. The number of nitrogens with zero attached hydrogens (tertiary/aromatic N) is 3. The molecule has 1 aliphatic rings. The van der Waals surface area contributed by atoms with Crippen LogP contribution in [0.25, 0.3) is 11.0 Å². The van der Waals surface area contributed by atoms with Gasteiger partial charge in [-0.3, -0.25) is 0 Å². The Labute approximate surface area is 175 Å². The van der Waals surface area contributed by atoms with Crippen molar-refractivity contribution in [3.8, 4) is 12.3 Å². The number of ether oxygens (including phenoxy) is 1. The first-order valence-corrected chi connectivity index (χ1v) is 12.5. The highest BCUT2D eigenvalue weighted by Crippen LogP contribution is 2.45. The van der Waals surface area contributed by atoms with Gasteiger partial charge < -0.3 is 24.6 Å². The van der Waals surface area contributed by atoms with Gasteiger partial charge in [-0.25, -0.2) is 9.78 Å². The van der Waals surface area contributed by atoms with Gasteiger partial charge in [0.15, 0.2) is 8.32 Å². The maximum absolute atomic E-state index is 12.2. The average molecular weight is 437 g/mol. The van der Waals surface area contributed by atoms with E-state index < -0.39 is 32.2 Å². The molecule has 1 unspecified atom stereocenters. The van der Waals surface area contributed by atoms with Gasteiger partial charge in [-0.1, -0.05) is 26.7 Å². The van der Waals surface area contributed by atoms with E-state index in [1.165, 1.54) is 0 Å². The van der Waals surface area contributed by atoms with Crippen molar-refractivity contribution in [3.63, 3.8) is 0 Å². The number of carboxylic acid groups (broad SMARTS) is 1. The normalized spacial score (nSPS) is 25.3. The number of anilines is 1. The fraction of sp³-hybridized carbons (Fsp3) is 0.526. The third-order valence-corrected chi connectivity index (χ3v) is 10.5. The summed E-state index contributed by atoms with van der Waals surface area (Å²) in [5.41, 5.74) is 4.46. The molecule has 29 heavy (non-hydrogen) atoms. The number of aromatic nitrogens is 3. The fourth-order valence-electron chi connectivity index (χ4n) is 3.16. The van der Waals surface area contributed by atoms with Crippen molar-refractivity contribution >= 4 is 42.7 Å². The van der Waals surface area contributed by atoms with Gasteiger partial charge in [0.2, 0.25) is 5.28 Å². The maximum atomic E-state index is 12.2. The van der Waals surface area contributed by atoms with Crippen LogP contribution in [0.2, 0.25) is 23.4 Å². The van der Waals surface area contributed by atoms with Gasteiger partial charge in [0.05, 0.1) is 5.39 Å². The van der Waals surface area contributed by atoms with Crippen molar-refractivity contribution in [2.45, 2.75) is 63.3 Å². The number of nitrogen functional groups attached to an aromatic ring is 1. The summed E-state index contributed by atoms with van der Waals surface area (Å²) < 4.78 is 14.0. The molecule has 2 aromatic rings. The second kappa shape index (κ2) is 6.99. The summed E-state index contributed by atoms with van der Waals surface area (Å²) in [6.45, 7) is 10.3. The lowest BCUT2D eigenvalue weighted by molar-refractivity contribution is -0.165. The molecular formula is C19H25ClN4O4Si. The van der Waals surface area contributed by atoms with Crippen LogP contribution in [-0.4, -0.2) is 45.6 Å². The Morgan fingerprint density at radius 2 is 2.17 bits per heavy atom. The van der Waals surface area contributed by atoms with Crippen LogP contribution in [0.1, 0.15) is 33.4 Å². The first kappa shape index (κ1) is 21.6. The van der Waals surface area contributed by atoms with E-state index in [1.54, 1.807) is 16.8 Å². The molecule has 0 aliphatic carbocycles. The van der Waals surface area contributed by atoms with Crippen LogP contribution >= 0.6 is 11.6 Å². The molecule has 3 N–H and O–H groups in total. The largest absolute Gasteiger partial charge is 0.478 e. The van der Waals surface area contributed by atoms with Crippen LogP contribution in [0.15, 0.2) is 12.3 Å². The predicted octanol–water partition coefficient (Wildman–Crippen LogP) is 3.43. The molecule has 0 bridgehead atoms. The first-order valence-electron chi connectivity index (χ1n) is 9.19. The van der Waals surface area contributed by atoms with Crippen LogP contribution in [0.4, 0.5) is 5.82 Å². The van der Waals surface area contributed by atoms with Gasteiger partial charge in [-0.15, -0.1) is 6.42 Å². The molecule has 0 spiro atoms. The minimum Gasteiger partial charge on any atom is -0.478 e. The van der Waals surface area contributed by atoms with Crippen molar-refractivity contribution < 1.29 is 19.1 Å². The molecule has 8 nitrogen and oxygen atoms in total. The third-order valence-electron chi connectivity index (χ3n) is 5.85. The number of carbonyl (C=O) groups is 1. The molecule has 1 saturated heterocycles. The number of carboxylic acids is 1. The van der Waals surface area contributed by atoms with Gasteiger partial charge in [-0.2, -0.15) is 4.98 Å². The number of hydrogen-bond donors (Lipinski definition) is 2. The van der Waals surface area contributed by atoms with Gasteiger partial charge >= 0.3 is 5.97 Å².